The lowest BCUT2D eigenvalue weighted by atomic mass is 9.63. The monoisotopic (exact) mass is 271 g/mol. The highest BCUT2D eigenvalue weighted by atomic mass is 16.3. The van der Waals surface area contributed by atoms with Crippen LogP contribution < -0.4 is 0 Å². The summed E-state index contributed by atoms with van der Waals surface area (Å²) in [6, 6.07) is 5.88. The number of phenolic OH excluding ortho intramolecular Hbond substituents is 1. The lowest BCUT2D eigenvalue weighted by molar-refractivity contribution is -0.128. The summed E-state index contributed by atoms with van der Waals surface area (Å²) in [5.74, 6) is 1.87. The Hall–Kier alpha value is -1.51. The van der Waals surface area contributed by atoms with Gasteiger partial charge in [0.1, 0.15) is 5.75 Å². The van der Waals surface area contributed by atoms with Crippen molar-refractivity contribution in [2.24, 2.45) is 11.3 Å². The van der Waals surface area contributed by atoms with Crippen LogP contribution in [0.4, 0.5) is 0 Å². The van der Waals surface area contributed by atoms with Gasteiger partial charge in [-0.15, -0.1) is 0 Å². The summed E-state index contributed by atoms with van der Waals surface area (Å²) in [7, 11) is 0. The van der Waals surface area contributed by atoms with Crippen LogP contribution in [-0.4, -0.2) is 29.0 Å². The van der Waals surface area contributed by atoms with Crippen LogP contribution in [0.25, 0.3) is 0 Å². The molecule has 1 aliphatic heterocycles. The number of likely N-dealkylation sites (tertiary alicyclic amines) is 1. The van der Waals surface area contributed by atoms with Crippen LogP contribution in [-0.2, 0) is 11.2 Å². The second-order valence-corrected chi connectivity index (χ2v) is 6.84. The van der Waals surface area contributed by atoms with E-state index in [9.17, 15) is 9.90 Å². The molecule has 106 valence electrons. The smallest absolute Gasteiger partial charge is 0.219 e. The maximum absolute atomic E-state index is 11.7. The Bertz CT molecular complexity index is 582. The van der Waals surface area contributed by atoms with Crippen molar-refractivity contribution < 1.29 is 9.90 Å². The van der Waals surface area contributed by atoms with E-state index in [4.69, 9.17) is 0 Å². The number of amides is 1. The molecule has 3 atom stereocenters. The van der Waals surface area contributed by atoms with Gasteiger partial charge in [0, 0.05) is 20.0 Å². The highest BCUT2D eigenvalue weighted by molar-refractivity contribution is 5.73. The molecule has 1 N–H and O–H groups in total. The Morgan fingerprint density at radius 2 is 2.25 bits per heavy atom. The largest absolute Gasteiger partial charge is 0.508 e. The third-order valence-electron chi connectivity index (χ3n) is 6.04. The molecule has 1 saturated carbocycles. The SMILES string of the molecule is CC(=O)N1C[C@H]2CC[C@H]3c4ccc(O)cc4CC[C@]23C1. The van der Waals surface area contributed by atoms with Gasteiger partial charge in [-0.2, -0.15) is 0 Å². The van der Waals surface area contributed by atoms with E-state index in [0.717, 1.165) is 19.5 Å². The Balaban J connectivity index is 1.75. The molecule has 2 aliphatic carbocycles. The van der Waals surface area contributed by atoms with Gasteiger partial charge in [-0.05, 0) is 66.2 Å². The van der Waals surface area contributed by atoms with Gasteiger partial charge in [0.05, 0.1) is 0 Å². The van der Waals surface area contributed by atoms with Crippen LogP contribution in [0.3, 0.4) is 0 Å². The van der Waals surface area contributed by atoms with E-state index in [1.165, 1.54) is 30.4 Å². The summed E-state index contributed by atoms with van der Waals surface area (Å²) in [4.78, 5) is 13.8. The molecule has 0 bridgehead atoms. The van der Waals surface area contributed by atoms with Crippen LogP contribution >= 0.6 is 0 Å². The van der Waals surface area contributed by atoms with Crippen molar-refractivity contribution in [2.45, 2.75) is 38.5 Å². The number of hydrogen-bond donors (Lipinski definition) is 1. The molecule has 1 amide bonds. The van der Waals surface area contributed by atoms with Gasteiger partial charge in [0.15, 0.2) is 0 Å². The number of phenols is 1. The minimum atomic E-state index is 0.226. The summed E-state index contributed by atoms with van der Waals surface area (Å²) in [5, 5.41) is 9.68. The highest BCUT2D eigenvalue weighted by Gasteiger charge is 2.57. The van der Waals surface area contributed by atoms with Crippen LogP contribution in [0, 0.1) is 11.3 Å². The topological polar surface area (TPSA) is 40.5 Å². The summed E-state index contributed by atoms with van der Waals surface area (Å²) in [6.07, 6.45) is 4.70. The molecule has 3 heteroatoms. The van der Waals surface area contributed by atoms with E-state index in [0.29, 0.717) is 23.0 Å². The fourth-order valence-electron chi connectivity index (χ4n) is 5.10. The standard InChI is InChI=1S/C17H21NO2/c1-11(19)18-9-13-2-5-16-15-4-3-14(20)8-12(15)6-7-17(13,16)10-18/h3-4,8,13,16,20H,2,5-7,9-10H2,1H3/t13-,16+,17+/m1/s1. The number of benzene rings is 1. The molecule has 3 aliphatic rings. The normalized spacial score (nSPS) is 34.5. The fourth-order valence-corrected chi connectivity index (χ4v) is 5.10. The van der Waals surface area contributed by atoms with Gasteiger partial charge in [-0.3, -0.25) is 4.79 Å². The first kappa shape index (κ1) is 12.2. The Morgan fingerprint density at radius 3 is 3.05 bits per heavy atom. The lowest BCUT2D eigenvalue weighted by Gasteiger charge is -2.40. The second kappa shape index (κ2) is 4.00. The molecule has 1 aromatic carbocycles. The van der Waals surface area contributed by atoms with Crippen LogP contribution in [0.1, 0.15) is 43.2 Å². The van der Waals surface area contributed by atoms with Gasteiger partial charge < -0.3 is 10.0 Å². The zero-order valence-corrected chi connectivity index (χ0v) is 11.9. The molecule has 1 aromatic rings. The van der Waals surface area contributed by atoms with Crippen LogP contribution in [0.15, 0.2) is 18.2 Å². The van der Waals surface area contributed by atoms with Crippen molar-refractivity contribution >= 4 is 5.91 Å². The predicted octanol–water partition coefficient (Wildman–Crippen LogP) is 2.68. The molecule has 1 saturated heterocycles. The number of hydrogen-bond acceptors (Lipinski definition) is 2. The summed E-state index contributed by atoms with van der Waals surface area (Å²) >= 11 is 0. The zero-order valence-electron chi connectivity index (χ0n) is 11.9. The number of aryl methyl sites for hydroxylation is 1. The molecule has 1 heterocycles. The number of carbonyl (C=O) groups is 1. The predicted molar refractivity (Wildman–Crippen MR) is 76.6 cm³/mol. The van der Waals surface area contributed by atoms with Gasteiger partial charge in [-0.1, -0.05) is 6.07 Å². The molecule has 1 spiro atoms. The number of nitrogens with zero attached hydrogens (tertiary/aromatic N) is 1. The highest BCUT2D eigenvalue weighted by Crippen LogP contribution is 2.61. The van der Waals surface area contributed by atoms with Crippen LogP contribution in [0.5, 0.6) is 5.75 Å². The molecular formula is C17H21NO2. The molecule has 0 radical (unpaired) electrons. The lowest BCUT2D eigenvalue weighted by Crippen LogP contribution is -2.37. The first-order valence-corrected chi connectivity index (χ1v) is 7.67. The summed E-state index contributed by atoms with van der Waals surface area (Å²) in [5.41, 5.74) is 3.07. The van der Waals surface area contributed by atoms with E-state index in [-0.39, 0.29) is 5.91 Å². The maximum atomic E-state index is 11.7. The maximum Gasteiger partial charge on any atom is 0.219 e. The van der Waals surface area contributed by atoms with Crippen molar-refractivity contribution in [2.75, 3.05) is 13.1 Å². The van der Waals surface area contributed by atoms with E-state index < -0.39 is 0 Å². The van der Waals surface area contributed by atoms with Crippen molar-refractivity contribution in [3.8, 4) is 5.75 Å². The summed E-state index contributed by atoms with van der Waals surface area (Å²) in [6.45, 7) is 3.60. The first-order valence-electron chi connectivity index (χ1n) is 7.67. The number of aromatic hydroxyl groups is 1. The first-order chi connectivity index (χ1) is 9.60. The molecule has 0 unspecified atom stereocenters. The third kappa shape index (κ3) is 1.49. The van der Waals surface area contributed by atoms with Crippen molar-refractivity contribution in [1.82, 2.24) is 4.90 Å². The Kier molecular flexibility index (Phi) is 2.45. The second-order valence-electron chi connectivity index (χ2n) is 6.84. The zero-order chi connectivity index (χ0) is 13.9. The average molecular weight is 271 g/mol. The van der Waals surface area contributed by atoms with Crippen molar-refractivity contribution in [3.63, 3.8) is 0 Å². The van der Waals surface area contributed by atoms with Gasteiger partial charge in [0.2, 0.25) is 5.91 Å². The van der Waals surface area contributed by atoms with Crippen molar-refractivity contribution in [1.29, 1.82) is 0 Å². The minimum absolute atomic E-state index is 0.226. The van der Waals surface area contributed by atoms with E-state index >= 15 is 0 Å². The number of rotatable bonds is 0. The van der Waals surface area contributed by atoms with Gasteiger partial charge in [-0.25, -0.2) is 0 Å². The Labute approximate surface area is 119 Å². The molecule has 3 nitrogen and oxygen atoms in total. The molecular weight excluding hydrogens is 250 g/mol. The van der Waals surface area contributed by atoms with E-state index in [1.54, 1.807) is 6.92 Å². The quantitative estimate of drug-likeness (QED) is 0.788. The summed E-state index contributed by atoms with van der Waals surface area (Å²) < 4.78 is 0. The third-order valence-corrected chi connectivity index (χ3v) is 6.04. The van der Waals surface area contributed by atoms with Gasteiger partial charge in [0.25, 0.3) is 0 Å². The Morgan fingerprint density at radius 1 is 1.40 bits per heavy atom. The molecule has 2 fully saturated rings. The van der Waals surface area contributed by atoms with E-state index in [1.807, 2.05) is 12.1 Å². The minimum Gasteiger partial charge on any atom is -0.508 e. The molecule has 20 heavy (non-hydrogen) atoms. The number of fused-ring (bicyclic) bond motifs is 2. The van der Waals surface area contributed by atoms with Gasteiger partial charge >= 0.3 is 0 Å². The van der Waals surface area contributed by atoms with E-state index in [2.05, 4.69) is 11.0 Å². The molecule has 0 aromatic heterocycles. The fraction of sp³-hybridized carbons (Fsp3) is 0.588. The number of carbonyl (C=O) groups excluding carboxylic acids is 1. The average Bonchev–Trinajstić information content (AvgIpc) is 2.93. The van der Waals surface area contributed by atoms with Crippen LogP contribution in [0.2, 0.25) is 0 Å². The van der Waals surface area contributed by atoms with Crippen molar-refractivity contribution in [3.05, 3.63) is 29.3 Å². The molecule has 4 rings (SSSR count).